The third-order valence-electron chi connectivity index (χ3n) is 4.57. The minimum absolute atomic E-state index is 0.780. The highest BCUT2D eigenvalue weighted by atomic mass is 15.3. The molecule has 132 valence electrons. The summed E-state index contributed by atoms with van der Waals surface area (Å²) in [6.07, 6.45) is 5.45. The third kappa shape index (κ3) is 3.81. The summed E-state index contributed by atoms with van der Waals surface area (Å²) in [6.45, 7) is 4.19. The number of hydrogen-bond donors (Lipinski definition) is 1. The molecule has 1 fully saturated rings. The Kier molecular flexibility index (Phi) is 4.75. The second-order valence-corrected chi connectivity index (χ2v) is 6.47. The Hall–Kier alpha value is -2.99. The molecule has 1 saturated heterocycles. The Balaban J connectivity index is 1.46. The second-order valence-electron chi connectivity index (χ2n) is 6.47. The van der Waals surface area contributed by atoms with E-state index >= 15 is 0 Å². The zero-order chi connectivity index (χ0) is 17.8. The number of pyridine rings is 3. The van der Waals surface area contributed by atoms with Crippen LogP contribution in [0, 0.1) is 0 Å². The molecule has 3 aromatic heterocycles. The molecule has 0 aromatic carbocycles. The molecular weight excluding hydrogens is 324 g/mol. The van der Waals surface area contributed by atoms with Crippen LogP contribution in [-0.4, -0.2) is 53.1 Å². The zero-order valence-electron chi connectivity index (χ0n) is 14.8. The first-order valence-electron chi connectivity index (χ1n) is 8.82. The smallest absolute Gasteiger partial charge is 0.130 e. The Morgan fingerprint density at radius 1 is 0.885 bits per heavy atom. The Morgan fingerprint density at radius 3 is 2.50 bits per heavy atom. The summed E-state index contributed by atoms with van der Waals surface area (Å²) < 4.78 is 0. The van der Waals surface area contributed by atoms with Crippen LogP contribution < -0.4 is 10.2 Å². The van der Waals surface area contributed by atoms with Crippen molar-refractivity contribution in [1.82, 2.24) is 19.9 Å². The molecule has 6 nitrogen and oxygen atoms in total. The number of aromatic nitrogens is 3. The van der Waals surface area contributed by atoms with Gasteiger partial charge in [0.25, 0.3) is 0 Å². The normalized spacial score (nSPS) is 15.0. The molecule has 0 unspecified atom stereocenters. The van der Waals surface area contributed by atoms with Crippen molar-refractivity contribution in [3.63, 3.8) is 0 Å². The van der Waals surface area contributed by atoms with E-state index in [-0.39, 0.29) is 0 Å². The van der Waals surface area contributed by atoms with Crippen molar-refractivity contribution in [2.45, 2.75) is 0 Å². The number of anilines is 3. The van der Waals surface area contributed by atoms with Gasteiger partial charge in [0.1, 0.15) is 11.6 Å². The molecule has 0 aliphatic carbocycles. The van der Waals surface area contributed by atoms with E-state index in [1.165, 1.54) is 0 Å². The van der Waals surface area contributed by atoms with Crippen LogP contribution in [0.5, 0.6) is 0 Å². The summed E-state index contributed by atoms with van der Waals surface area (Å²) in [5.74, 6) is 1.81. The number of rotatable bonds is 4. The van der Waals surface area contributed by atoms with Gasteiger partial charge in [0.15, 0.2) is 0 Å². The van der Waals surface area contributed by atoms with Crippen molar-refractivity contribution in [1.29, 1.82) is 0 Å². The second kappa shape index (κ2) is 7.49. The van der Waals surface area contributed by atoms with Gasteiger partial charge in [0.05, 0.1) is 17.6 Å². The van der Waals surface area contributed by atoms with Crippen molar-refractivity contribution in [3.8, 4) is 11.3 Å². The van der Waals surface area contributed by atoms with Gasteiger partial charge in [-0.05, 0) is 43.4 Å². The Bertz CT molecular complexity index is 842. The van der Waals surface area contributed by atoms with E-state index in [1.54, 1.807) is 12.4 Å². The molecule has 0 atom stereocenters. The van der Waals surface area contributed by atoms with Crippen LogP contribution in [0.3, 0.4) is 0 Å². The fraction of sp³-hybridized carbons (Fsp3) is 0.250. The van der Waals surface area contributed by atoms with Gasteiger partial charge in [0.2, 0.25) is 0 Å². The lowest BCUT2D eigenvalue weighted by Gasteiger charge is -2.33. The SMILES string of the molecule is CN1CCN(c2ccc(Nc3cc(-c4ccccn4)ccn3)cn2)CC1. The van der Waals surface area contributed by atoms with Crippen LogP contribution in [0.4, 0.5) is 17.3 Å². The molecule has 4 rings (SSSR count). The van der Waals surface area contributed by atoms with Crippen LogP contribution in [-0.2, 0) is 0 Å². The van der Waals surface area contributed by atoms with Crippen molar-refractivity contribution >= 4 is 17.3 Å². The predicted octanol–water partition coefficient (Wildman–Crippen LogP) is 3.03. The lowest BCUT2D eigenvalue weighted by Crippen LogP contribution is -2.44. The minimum Gasteiger partial charge on any atom is -0.354 e. The quantitative estimate of drug-likeness (QED) is 0.784. The van der Waals surface area contributed by atoms with Crippen LogP contribution >= 0.6 is 0 Å². The summed E-state index contributed by atoms with van der Waals surface area (Å²) in [4.78, 5) is 18.1. The van der Waals surface area contributed by atoms with E-state index < -0.39 is 0 Å². The van der Waals surface area contributed by atoms with Gasteiger partial charge >= 0.3 is 0 Å². The van der Waals surface area contributed by atoms with Crippen LogP contribution in [0.15, 0.2) is 61.1 Å². The standard InChI is InChI=1S/C20H22N6/c1-25-10-12-26(13-11-25)20-6-5-17(15-23-20)24-19-14-16(7-9-22-19)18-4-2-3-8-21-18/h2-9,14-15H,10-13H2,1H3,(H,22,24). The van der Waals surface area contributed by atoms with Gasteiger partial charge in [-0.1, -0.05) is 6.07 Å². The van der Waals surface area contributed by atoms with E-state index in [0.29, 0.717) is 0 Å². The van der Waals surface area contributed by atoms with Gasteiger partial charge in [-0.3, -0.25) is 4.98 Å². The fourth-order valence-corrected chi connectivity index (χ4v) is 3.02. The number of nitrogens with one attached hydrogen (secondary N) is 1. The average Bonchev–Trinajstić information content (AvgIpc) is 2.70. The first-order chi connectivity index (χ1) is 12.8. The lowest BCUT2D eigenvalue weighted by molar-refractivity contribution is 0.312. The van der Waals surface area contributed by atoms with E-state index in [9.17, 15) is 0 Å². The van der Waals surface area contributed by atoms with E-state index in [4.69, 9.17) is 0 Å². The number of piperazine rings is 1. The summed E-state index contributed by atoms with van der Waals surface area (Å²) >= 11 is 0. The molecule has 26 heavy (non-hydrogen) atoms. The van der Waals surface area contributed by atoms with Crippen molar-refractivity contribution in [2.24, 2.45) is 0 Å². The summed E-state index contributed by atoms with van der Waals surface area (Å²) in [5.41, 5.74) is 2.89. The maximum absolute atomic E-state index is 4.61. The first kappa shape index (κ1) is 16.5. The number of likely N-dealkylation sites (N-methyl/N-ethyl adjacent to an activating group) is 1. The highest BCUT2D eigenvalue weighted by Crippen LogP contribution is 2.22. The molecule has 4 heterocycles. The summed E-state index contributed by atoms with van der Waals surface area (Å²) in [7, 11) is 2.16. The van der Waals surface area contributed by atoms with Gasteiger partial charge in [0, 0.05) is 44.1 Å². The largest absolute Gasteiger partial charge is 0.354 e. The van der Waals surface area contributed by atoms with Gasteiger partial charge in [-0.2, -0.15) is 0 Å². The molecule has 0 spiro atoms. The van der Waals surface area contributed by atoms with Crippen molar-refractivity contribution in [2.75, 3.05) is 43.4 Å². The molecular formula is C20H22N6. The minimum atomic E-state index is 0.780. The first-order valence-corrected chi connectivity index (χ1v) is 8.82. The van der Waals surface area contributed by atoms with Crippen molar-refractivity contribution in [3.05, 3.63) is 61.1 Å². The summed E-state index contributed by atoms with van der Waals surface area (Å²) in [6, 6.07) is 14.0. The van der Waals surface area contributed by atoms with E-state index in [1.807, 2.05) is 36.5 Å². The monoisotopic (exact) mass is 346 g/mol. The molecule has 0 amide bonds. The third-order valence-corrected chi connectivity index (χ3v) is 4.57. The molecule has 6 heteroatoms. The molecule has 0 bridgehead atoms. The topological polar surface area (TPSA) is 57.2 Å². The number of nitrogens with zero attached hydrogens (tertiary/aromatic N) is 5. The Labute approximate surface area is 153 Å². The lowest BCUT2D eigenvalue weighted by atomic mass is 10.2. The van der Waals surface area contributed by atoms with Crippen LogP contribution in [0.25, 0.3) is 11.3 Å². The van der Waals surface area contributed by atoms with Gasteiger partial charge in [-0.15, -0.1) is 0 Å². The summed E-state index contributed by atoms with van der Waals surface area (Å²) in [5, 5.41) is 3.32. The highest BCUT2D eigenvalue weighted by Gasteiger charge is 2.15. The van der Waals surface area contributed by atoms with Crippen LogP contribution in [0.1, 0.15) is 0 Å². The van der Waals surface area contributed by atoms with Crippen LogP contribution in [0.2, 0.25) is 0 Å². The molecule has 1 aliphatic rings. The Morgan fingerprint density at radius 2 is 1.77 bits per heavy atom. The molecule has 0 radical (unpaired) electrons. The number of hydrogen-bond acceptors (Lipinski definition) is 6. The molecule has 3 aromatic rings. The predicted molar refractivity (Wildman–Crippen MR) is 105 cm³/mol. The fourth-order valence-electron chi connectivity index (χ4n) is 3.02. The highest BCUT2D eigenvalue weighted by molar-refractivity contribution is 5.66. The molecule has 1 aliphatic heterocycles. The molecule has 0 saturated carbocycles. The zero-order valence-corrected chi connectivity index (χ0v) is 14.8. The van der Waals surface area contributed by atoms with Crippen molar-refractivity contribution < 1.29 is 0 Å². The van der Waals surface area contributed by atoms with Gasteiger partial charge in [-0.25, -0.2) is 9.97 Å². The van der Waals surface area contributed by atoms with E-state index in [0.717, 1.165) is 54.8 Å². The maximum Gasteiger partial charge on any atom is 0.130 e. The molecule has 1 N–H and O–H groups in total. The average molecular weight is 346 g/mol. The van der Waals surface area contributed by atoms with E-state index in [2.05, 4.69) is 49.2 Å². The van der Waals surface area contributed by atoms with Gasteiger partial charge < -0.3 is 15.1 Å². The maximum atomic E-state index is 4.61.